The van der Waals surface area contributed by atoms with Crippen molar-refractivity contribution in [2.24, 2.45) is 0 Å². The number of hydrogen-bond acceptors (Lipinski definition) is 5. The van der Waals surface area contributed by atoms with Crippen LogP contribution in [0.25, 0.3) is 22.3 Å². The third-order valence-electron chi connectivity index (χ3n) is 6.19. The van der Waals surface area contributed by atoms with E-state index in [1.54, 1.807) is 31.5 Å². The third-order valence-corrected chi connectivity index (χ3v) is 6.19. The average molecular weight is 458 g/mol. The van der Waals surface area contributed by atoms with E-state index < -0.39 is 0 Å². The summed E-state index contributed by atoms with van der Waals surface area (Å²) in [6.45, 7) is 10.5. The molecule has 0 saturated heterocycles. The molecule has 4 aromatic rings. The predicted molar refractivity (Wildman–Crippen MR) is 134 cm³/mol. The average Bonchev–Trinajstić information content (AvgIpc) is 3.25. The Morgan fingerprint density at radius 3 is 2.53 bits per heavy atom. The smallest absolute Gasteiger partial charge is 0.254 e. The summed E-state index contributed by atoms with van der Waals surface area (Å²) in [6, 6.07) is 10.1. The summed E-state index contributed by atoms with van der Waals surface area (Å²) in [7, 11) is 3.45. The van der Waals surface area contributed by atoms with Crippen LogP contribution in [0.3, 0.4) is 0 Å². The third kappa shape index (κ3) is 4.14. The van der Waals surface area contributed by atoms with Gasteiger partial charge in [0.2, 0.25) is 0 Å². The molecule has 7 nitrogen and oxygen atoms in total. The Hall–Kier alpha value is -3.74. The number of hydrogen-bond donors (Lipinski definition) is 0. The van der Waals surface area contributed by atoms with Crippen LogP contribution in [0.4, 0.5) is 0 Å². The summed E-state index contributed by atoms with van der Waals surface area (Å²) in [5, 5.41) is 5.28. The molecule has 34 heavy (non-hydrogen) atoms. The van der Waals surface area contributed by atoms with Gasteiger partial charge in [0.25, 0.3) is 5.91 Å². The molecule has 0 aliphatic rings. The number of carbonyl (C=O) groups excluding carboxylic acids is 1. The first-order valence-corrected chi connectivity index (χ1v) is 11.4. The van der Waals surface area contributed by atoms with Gasteiger partial charge in [-0.15, -0.1) is 0 Å². The number of amides is 1. The molecule has 0 N–H and O–H groups in total. The fourth-order valence-corrected chi connectivity index (χ4v) is 4.30. The van der Waals surface area contributed by atoms with Crippen molar-refractivity contribution in [3.8, 4) is 17.0 Å². The van der Waals surface area contributed by atoms with E-state index >= 15 is 0 Å². The van der Waals surface area contributed by atoms with E-state index in [1.807, 2.05) is 55.8 Å². The second-order valence-electron chi connectivity index (χ2n) is 9.00. The van der Waals surface area contributed by atoms with E-state index in [4.69, 9.17) is 9.72 Å². The molecule has 4 rings (SSSR count). The van der Waals surface area contributed by atoms with Crippen LogP contribution >= 0.6 is 0 Å². The zero-order valence-corrected chi connectivity index (χ0v) is 20.9. The summed E-state index contributed by atoms with van der Waals surface area (Å²) < 4.78 is 7.40. The van der Waals surface area contributed by atoms with E-state index in [1.165, 1.54) is 0 Å². The number of nitrogens with zero attached hydrogens (tertiary/aromatic N) is 5. The standard InChI is InChI=1S/C27H31N5O2/c1-16(2)32-26-22(14-29-32)21(12-23(30-26)20-11-9-8-10-17(20)3)27(33)31(6)15-24-19(5)25(34-7)18(4)13-28-24/h8-14,16H,15H2,1-7H3. The number of benzene rings is 1. The van der Waals surface area contributed by atoms with Crippen LogP contribution in [-0.2, 0) is 6.54 Å². The SMILES string of the molecule is COc1c(C)cnc(CN(C)C(=O)c2cc(-c3ccccc3C)nc3c2cnn3C(C)C)c1C. The maximum atomic E-state index is 13.7. The lowest BCUT2D eigenvalue weighted by molar-refractivity contribution is 0.0785. The Bertz CT molecular complexity index is 1370. The number of aromatic nitrogens is 4. The van der Waals surface area contributed by atoms with Gasteiger partial charge in [-0.3, -0.25) is 9.78 Å². The highest BCUT2D eigenvalue weighted by Crippen LogP contribution is 2.30. The van der Waals surface area contributed by atoms with Gasteiger partial charge < -0.3 is 9.64 Å². The van der Waals surface area contributed by atoms with Gasteiger partial charge in [0.1, 0.15) is 5.75 Å². The van der Waals surface area contributed by atoms with Crippen molar-refractivity contribution in [3.05, 3.63) is 70.7 Å². The van der Waals surface area contributed by atoms with E-state index in [9.17, 15) is 4.79 Å². The van der Waals surface area contributed by atoms with Crippen molar-refractivity contribution in [3.63, 3.8) is 0 Å². The minimum Gasteiger partial charge on any atom is -0.496 e. The van der Waals surface area contributed by atoms with E-state index in [0.717, 1.165) is 44.8 Å². The molecule has 0 aliphatic carbocycles. The first kappa shape index (κ1) is 23.4. The van der Waals surface area contributed by atoms with Crippen LogP contribution in [0.2, 0.25) is 0 Å². The fourth-order valence-electron chi connectivity index (χ4n) is 4.30. The predicted octanol–water partition coefficient (Wildman–Crippen LogP) is 5.28. The van der Waals surface area contributed by atoms with Crippen LogP contribution in [0.15, 0.2) is 42.7 Å². The van der Waals surface area contributed by atoms with Crippen LogP contribution < -0.4 is 4.74 Å². The number of carbonyl (C=O) groups is 1. The number of pyridine rings is 2. The summed E-state index contributed by atoms with van der Waals surface area (Å²) in [6.07, 6.45) is 3.52. The quantitative estimate of drug-likeness (QED) is 0.394. The summed E-state index contributed by atoms with van der Waals surface area (Å²) in [5.74, 6) is 0.698. The van der Waals surface area contributed by atoms with Gasteiger partial charge in [-0.2, -0.15) is 5.10 Å². The Morgan fingerprint density at radius 1 is 1.12 bits per heavy atom. The zero-order valence-electron chi connectivity index (χ0n) is 20.9. The number of aryl methyl sites for hydroxylation is 2. The summed E-state index contributed by atoms with van der Waals surface area (Å²) >= 11 is 0. The lowest BCUT2D eigenvalue weighted by Gasteiger charge is -2.20. The number of fused-ring (bicyclic) bond motifs is 1. The Labute approximate surface area is 200 Å². The minimum atomic E-state index is -0.105. The van der Waals surface area contributed by atoms with E-state index in [0.29, 0.717) is 17.8 Å². The molecule has 3 aromatic heterocycles. The minimum absolute atomic E-state index is 0.105. The van der Waals surface area contributed by atoms with Crippen LogP contribution in [0, 0.1) is 20.8 Å². The normalized spacial score (nSPS) is 11.3. The first-order chi connectivity index (χ1) is 16.2. The molecule has 7 heteroatoms. The number of methoxy groups -OCH3 is 1. The Balaban J connectivity index is 1.80. The van der Waals surface area contributed by atoms with Gasteiger partial charge in [0, 0.05) is 36.0 Å². The summed E-state index contributed by atoms with van der Waals surface area (Å²) in [4.78, 5) is 24.9. The molecule has 0 aliphatic heterocycles. The molecule has 1 aromatic carbocycles. The second kappa shape index (κ2) is 9.25. The molecule has 0 fully saturated rings. The highest BCUT2D eigenvalue weighted by molar-refractivity contribution is 6.06. The topological polar surface area (TPSA) is 73.1 Å². The largest absolute Gasteiger partial charge is 0.496 e. The highest BCUT2D eigenvalue weighted by Gasteiger charge is 2.22. The molecule has 176 valence electrons. The molecular formula is C27H31N5O2. The molecule has 0 atom stereocenters. The van der Waals surface area contributed by atoms with E-state index in [2.05, 4.69) is 23.9 Å². The van der Waals surface area contributed by atoms with Crippen molar-refractivity contribution in [2.75, 3.05) is 14.2 Å². The van der Waals surface area contributed by atoms with Gasteiger partial charge in [-0.05, 0) is 46.2 Å². The van der Waals surface area contributed by atoms with Crippen molar-refractivity contribution in [1.29, 1.82) is 0 Å². The van der Waals surface area contributed by atoms with Crippen molar-refractivity contribution in [2.45, 2.75) is 47.2 Å². The van der Waals surface area contributed by atoms with Gasteiger partial charge >= 0.3 is 0 Å². The summed E-state index contributed by atoms with van der Waals surface area (Å²) in [5.41, 5.74) is 6.86. The highest BCUT2D eigenvalue weighted by atomic mass is 16.5. The van der Waals surface area contributed by atoms with Crippen molar-refractivity contribution >= 4 is 16.9 Å². The van der Waals surface area contributed by atoms with Gasteiger partial charge in [-0.25, -0.2) is 9.67 Å². The van der Waals surface area contributed by atoms with Crippen molar-refractivity contribution < 1.29 is 9.53 Å². The molecule has 0 saturated carbocycles. The Morgan fingerprint density at radius 2 is 1.85 bits per heavy atom. The number of ether oxygens (including phenoxy) is 1. The molecule has 3 heterocycles. The van der Waals surface area contributed by atoms with Crippen LogP contribution in [-0.4, -0.2) is 44.7 Å². The fraction of sp³-hybridized carbons (Fsp3) is 0.333. The van der Waals surface area contributed by atoms with Gasteiger partial charge in [-0.1, -0.05) is 24.3 Å². The van der Waals surface area contributed by atoms with Crippen LogP contribution in [0.1, 0.15) is 52.6 Å². The lowest BCUT2D eigenvalue weighted by Crippen LogP contribution is -2.27. The second-order valence-corrected chi connectivity index (χ2v) is 9.00. The molecule has 0 spiro atoms. The molecule has 0 radical (unpaired) electrons. The monoisotopic (exact) mass is 457 g/mol. The van der Waals surface area contributed by atoms with Gasteiger partial charge in [0.15, 0.2) is 5.65 Å². The zero-order chi connectivity index (χ0) is 24.6. The maximum Gasteiger partial charge on any atom is 0.254 e. The molecule has 0 bridgehead atoms. The van der Waals surface area contributed by atoms with Crippen molar-refractivity contribution in [1.82, 2.24) is 24.6 Å². The maximum absolute atomic E-state index is 13.7. The van der Waals surface area contributed by atoms with Crippen LogP contribution in [0.5, 0.6) is 5.75 Å². The molecule has 1 amide bonds. The lowest BCUT2D eigenvalue weighted by atomic mass is 10.0. The molecular weight excluding hydrogens is 426 g/mol. The van der Waals surface area contributed by atoms with E-state index in [-0.39, 0.29) is 11.9 Å². The Kier molecular flexibility index (Phi) is 6.37. The molecule has 0 unspecified atom stereocenters. The first-order valence-electron chi connectivity index (χ1n) is 11.4. The number of rotatable bonds is 6. The van der Waals surface area contributed by atoms with Gasteiger partial charge in [0.05, 0.1) is 42.2 Å².